The minimum atomic E-state index is -0.432. The molecular weight excluding hydrogens is 384 g/mol. The predicted octanol–water partition coefficient (Wildman–Crippen LogP) is 4.30. The zero-order valence-corrected chi connectivity index (χ0v) is 16.6. The highest BCUT2D eigenvalue weighted by atomic mass is 35.5. The van der Waals surface area contributed by atoms with Crippen LogP contribution in [0.25, 0.3) is 6.08 Å². The first-order chi connectivity index (χ1) is 13.0. The first-order valence-electron chi connectivity index (χ1n) is 8.38. The van der Waals surface area contributed by atoms with Gasteiger partial charge >= 0.3 is 0 Å². The third-order valence-electron chi connectivity index (χ3n) is 3.56. The number of anilines is 2. The Morgan fingerprint density at radius 1 is 1.44 bits per heavy atom. The van der Waals surface area contributed by atoms with Crippen molar-refractivity contribution < 1.29 is 9.59 Å². The highest BCUT2D eigenvalue weighted by molar-refractivity contribution is 7.14. The number of nitriles is 1. The standard InChI is InChI=1S/C19H19ClN4O2S/c1-3-4-8-22-18(26)14(11-21)9-16-12-27-19(23-16)24(13(2)25)17-7-5-6-15(20)10-17/h5-7,9-10,12H,3-4,8H2,1-2H3,(H,22,26)/b14-9+. The van der Waals surface area contributed by atoms with Crippen molar-refractivity contribution in [1.29, 1.82) is 5.26 Å². The fourth-order valence-electron chi connectivity index (χ4n) is 2.26. The number of hydrogen-bond donors (Lipinski definition) is 1. The first-order valence-corrected chi connectivity index (χ1v) is 9.63. The van der Waals surface area contributed by atoms with E-state index >= 15 is 0 Å². The Morgan fingerprint density at radius 3 is 2.85 bits per heavy atom. The SMILES string of the molecule is CCCCNC(=O)/C(C#N)=C/c1csc(N(C(C)=O)c2cccc(Cl)c2)n1. The van der Waals surface area contributed by atoms with Crippen LogP contribution in [-0.2, 0) is 9.59 Å². The van der Waals surface area contributed by atoms with Crippen LogP contribution in [0.3, 0.4) is 0 Å². The van der Waals surface area contributed by atoms with Crippen LogP contribution in [0.4, 0.5) is 10.8 Å². The zero-order valence-electron chi connectivity index (χ0n) is 15.0. The fraction of sp³-hybridized carbons (Fsp3) is 0.263. The lowest BCUT2D eigenvalue weighted by Gasteiger charge is -2.18. The molecule has 1 heterocycles. The summed E-state index contributed by atoms with van der Waals surface area (Å²) in [6, 6.07) is 8.78. The molecule has 0 aliphatic carbocycles. The van der Waals surface area contributed by atoms with Crippen LogP contribution in [0, 0.1) is 11.3 Å². The molecule has 1 aromatic heterocycles. The van der Waals surface area contributed by atoms with E-state index in [0.29, 0.717) is 28.1 Å². The van der Waals surface area contributed by atoms with E-state index in [1.54, 1.807) is 29.6 Å². The summed E-state index contributed by atoms with van der Waals surface area (Å²) >= 11 is 7.25. The molecule has 0 spiro atoms. The van der Waals surface area contributed by atoms with Crippen LogP contribution < -0.4 is 10.2 Å². The zero-order chi connectivity index (χ0) is 19.8. The maximum absolute atomic E-state index is 12.1. The first kappa shape index (κ1) is 20.6. The molecule has 0 fully saturated rings. The average Bonchev–Trinajstić information content (AvgIpc) is 3.07. The second-order valence-corrected chi connectivity index (χ2v) is 6.94. The second kappa shape index (κ2) is 9.86. The summed E-state index contributed by atoms with van der Waals surface area (Å²) < 4.78 is 0. The van der Waals surface area contributed by atoms with Crippen LogP contribution in [0.2, 0.25) is 5.02 Å². The lowest BCUT2D eigenvalue weighted by atomic mass is 10.2. The number of thiazole rings is 1. The molecule has 0 radical (unpaired) electrons. The quantitative estimate of drug-likeness (QED) is 0.425. The molecule has 0 aliphatic rings. The summed E-state index contributed by atoms with van der Waals surface area (Å²) in [4.78, 5) is 30.0. The van der Waals surface area contributed by atoms with Gasteiger partial charge in [0.15, 0.2) is 5.13 Å². The van der Waals surface area contributed by atoms with E-state index in [-0.39, 0.29) is 11.5 Å². The van der Waals surface area contributed by atoms with E-state index in [2.05, 4.69) is 10.3 Å². The molecule has 2 amide bonds. The Bertz CT molecular complexity index is 901. The van der Waals surface area contributed by atoms with E-state index in [0.717, 1.165) is 12.8 Å². The van der Waals surface area contributed by atoms with Crippen molar-refractivity contribution in [2.75, 3.05) is 11.4 Å². The van der Waals surface area contributed by atoms with Gasteiger partial charge in [-0.1, -0.05) is 31.0 Å². The van der Waals surface area contributed by atoms with Gasteiger partial charge in [-0.15, -0.1) is 11.3 Å². The lowest BCUT2D eigenvalue weighted by molar-refractivity contribution is -0.117. The van der Waals surface area contributed by atoms with Crippen LogP contribution in [0.5, 0.6) is 0 Å². The van der Waals surface area contributed by atoms with E-state index in [1.165, 1.54) is 29.2 Å². The molecule has 140 valence electrons. The topological polar surface area (TPSA) is 86.1 Å². The van der Waals surface area contributed by atoms with Crippen LogP contribution in [0.1, 0.15) is 32.4 Å². The van der Waals surface area contributed by atoms with Crippen molar-refractivity contribution in [2.24, 2.45) is 0 Å². The van der Waals surface area contributed by atoms with Gasteiger partial charge in [-0.3, -0.25) is 14.5 Å². The number of carbonyl (C=O) groups excluding carboxylic acids is 2. The summed E-state index contributed by atoms with van der Waals surface area (Å²) in [6.07, 6.45) is 3.21. The number of nitrogens with zero attached hydrogens (tertiary/aromatic N) is 3. The number of unbranched alkanes of at least 4 members (excludes halogenated alkanes) is 1. The molecular formula is C19H19ClN4O2S. The van der Waals surface area contributed by atoms with E-state index in [1.807, 2.05) is 13.0 Å². The molecule has 6 nitrogen and oxygen atoms in total. The summed E-state index contributed by atoms with van der Waals surface area (Å²) in [7, 11) is 0. The number of nitrogens with one attached hydrogen (secondary N) is 1. The van der Waals surface area contributed by atoms with Gasteiger partial charge in [0.05, 0.1) is 11.4 Å². The van der Waals surface area contributed by atoms with E-state index < -0.39 is 5.91 Å². The molecule has 2 rings (SSSR count). The van der Waals surface area contributed by atoms with Crippen LogP contribution in [-0.4, -0.2) is 23.3 Å². The highest BCUT2D eigenvalue weighted by Gasteiger charge is 2.18. The minimum absolute atomic E-state index is 0.0277. The summed E-state index contributed by atoms with van der Waals surface area (Å²) in [5.74, 6) is -0.654. The summed E-state index contributed by atoms with van der Waals surface area (Å²) in [5, 5.41) is 14.6. The van der Waals surface area contributed by atoms with Gasteiger partial charge in [-0.25, -0.2) is 4.98 Å². The van der Waals surface area contributed by atoms with Gasteiger partial charge in [0, 0.05) is 23.9 Å². The molecule has 0 bridgehead atoms. The van der Waals surface area contributed by atoms with Gasteiger partial charge < -0.3 is 5.32 Å². The maximum Gasteiger partial charge on any atom is 0.262 e. The Kier molecular flexibility index (Phi) is 7.53. The van der Waals surface area contributed by atoms with Gasteiger partial charge in [0.25, 0.3) is 5.91 Å². The molecule has 0 aliphatic heterocycles. The molecule has 1 N–H and O–H groups in total. The number of aromatic nitrogens is 1. The summed E-state index contributed by atoms with van der Waals surface area (Å²) in [5.41, 5.74) is 1.00. The van der Waals surface area contributed by atoms with Crippen LogP contribution in [0.15, 0.2) is 35.2 Å². The second-order valence-electron chi connectivity index (χ2n) is 5.67. The fourth-order valence-corrected chi connectivity index (χ4v) is 3.29. The Labute approximate surface area is 167 Å². The predicted molar refractivity (Wildman–Crippen MR) is 108 cm³/mol. The molecule has 1 aromatic carbocycles. The van der Waals surface area contributed by atoms with Crippen molar-refractivity contribution in [3.05, 3.63) is 45.9 Å². The third kappa shape index (κ3) is 5.64. The largest absolute Gasteiger partial charge is 0.351 e. The molecule has 0 saturated carbocycles. The van der Waals surface area contributed by atoms with Crippen LogP contribution >= 0.6 is 22.9 Å². The summed E-state index contributed by atoms with van der Waals surface area (Å²) in [6.45, 7) is 3.97. The van der Waals surface area contributed by atoms with Gasteiger partial charge in [0.1, 0.15) is 11.6 Å². The molecule has 0 unspecified atom stereocenters. The molecule has 2 aromatic rings. The number of rotatable bonds is 7. The normalized spacial score (nSPS) is 11.0. The Balaban J connectivity index is 2.26. The number of carbonyl (C=O) groups is 2. The smallest absolute Gasteiger partial charge is 0.262 e. The van der Waals surface area contributed by atoms with Gasteiger partial charge in [-0.2, -0.15) is 5.26 Å². The van der Waals surface area contributed by atoms with Crippen molar-refractivity contribution >= 4 is 51.6 Å². The molecule has 27 heavy (non-hydrogen) atoms. The lowest BCUT2D eigenvalue weighted by Crippen LogP contribution is -2.25. The van der Waals surface area contributed by atoms with E-state index in [4.69, 9.17) is 11.6 Å². The van der Waals surface area contributed by atoms with E-state index in [9.17, 15) is 14.9 Å². The average molecular weight is 403 g/mol. The van der Waals surface area contributed by atoms with Crippen molar-refractivity contribution in [3.8, 4) is 6.07 Å². The Hall–Kier alpha value is -2.69. The molecule has 8 heteroatoms. The number of halogens is 1. The van der Waals surface area contributed by atoms with Crippen molar-refractivity contribution in [3.63, 3.8) is 0 Å². The number of amides is 2. The van der Waals surface area contributed by atoms with Crippen molar-refractivity contribution in [1.82, 2.24) is 10.3 Å². The highest BCUT2D eigenvalue weighted by Crippen LogP contribution is 2.30. The monoisotopic (exact) mass is 402 g/mol. The Morgan fingerprint density at radius 2 is 2.22 bits per heavy atom. The molecule has 0 saturated heterocycles. The molecule has 0 atom stereocenters. The number of benzene rings is 1. The third-order valence-corrected chi connectivity index (χ3v) is 4.63. The number of hydrogen-bond acceptors (Lipinski definition) is 5. The minimum Gasteiger partial charge on any atom is -0.351 e. The maximum atomic E-state index is 12.1. The van der Waals surface area contributed by atoms with Crippen molar-refractivity contribution in [2.45, 2.75) is 26.7 Å². The van der Waals surface area contributed by atoms with Gasteiger partial charge in [0.2, 0.25) is 5.91 Å². The van der Waals surface area contributed by atoms with Gasteiger partial charge in [-0.05, 0) is 30.7 Å².